The van der Waals surface area contributed by atoms with E-state index in [-0.39, 0.29) is 12.1 Å². The molecule has 28 heavy (non-hydrogen) atoms. The van der Waals surface area contributed by atoms with Crippen LogP contribution < -0.4 is 5.32 Å². The number of nitrogens with one attached hydrogen (secondary N) is 1. The van der Waals surface area contributed by atoms with Crippen molar-refractivity contribution in [1.29, 1.82) is 0 Å². The van der Waals surface area contributed by atoms with Crippen LogP contribution >= 0.6 is 28.1 Å². The van der Waals surface area contributed by atoms with Crippen molar-refractivity contribution in [3.8, 4) is 11.3 Å². The minimum absolute atomic E-state index is 0.0885. The van der Waals surface area contributed by atoms with E-state index in [0.717, 1.165) is 27.3 Å². The number of thiocarbonyl (C=S) groups is 1. The molecule has 2 atom stereocenters. The fourth-order valence-electron chi connectivity index (χ4n) is 3.43. The van der Waals surface area contributed by atoms with E-state index in [1.807, 2.05) is 54.6 Å². The minimum Gasteiger partial charge on any atom is -0.459 e. The summed E-state index contributed by atoms with van der Waals surface area (Å²) in [5.41, 5.74) is 1.96. The molecule has 0 saturated carbocycles. The van der Waals surface area contributed by atoms with Crippen molar-refractivity contribution >= 4 is 33.3 Å². The Morgan fingerprint density at radius 3 is 2.71 bits per heavy atom. The summed E-state index contributed by atoms with van der Waals surface area (Å²) in [5, 5.41) is 4.09. The van der Waals surface area contributed by atoms with Gasteiger partial charge in [-0.2, -0.15) is 0 Å². The van der Waals surface area contributed by atoms with Crippen LogP contribution in [-0.2, 0) is 4.74 Å². The molecule has 144 valence electrons. The fourth-order valence-corrected chi connectivity index (χ4v) is 4.02. The van der Waals surface area contributed by atoms with E-state index in [2.05, 4.69) is 31.1 Å². The summed E-state index contributed by atoms with van der Waals surface area (Å²) >= 11 is 9.08. The van der Waals surface area contributed by atoms with E-state index >= 15 is 0 Å². The Kier molecular flexibility index (Phi) is 5.75. The van der Waals surface area contributed by atoms with Crippen molar-refractivity contribution in [2.75, 3.05) is 20.3 Å². The molecule has 0 spiro atoms. The number of hydrogen-bond donors (Lipinski definition) is 1. The van der Waals surface area contributed by atoms with Crippen molar-refractivity contribution in [2.24, 2.45) is 0 Å². The predicted molar refractivity (Wildman–Crippen MR) is 116 cm³/mol. The molecule has 0 aliphatic carbocycles. The van der Waals surface area contributed by atoms with Gasteiger partial charge in [-0.15, -0.1) is 0 Å². The quantitative estimate of drug-likeness (QED) is 0.540. The highest BCUT2D eigenvalue weighted by atomic mass is 79.9. The van der Waals surface area contributed by atoms with E-state index in [1.54, 1.807) is 13.3 Å². The maximum Gasteiger partial charge on any atom is 0.170 e. The smallest absolute Gasteiger partial charge is 0.170 e. The van der Waals surface area contributed by atoms with E-state index in [1.165, 1.54) is 0 Å². The molecule has 3 heterocycles. The summed E-state index contributed by atoms with van der Waals surface area (Å²) in [4.78, 5) is 6.65. The molecule has 1 aromatic carbocycles. The van der Waals surface area contributed by atoms with Crippen LogP contribution in [0.15, 0.2) is 69.7 Å². The highest BCUT2D eigenvalue weighted by Gasteiger charge is 2.41. The Hall–Kier alpha value is -2.22. The zero-order valence-electron chi connectivity index (χ0n) is 15.3. The molecule has 1 N–H and O–H groups in total. The number of furan rings is 1. The van der Waals surface area contributed by atoms with Gasteiger partial charge in [0.15, 0.2) is 5.11 Å². The second kappa shape index (κ2) is 8.43. The van der Waals surface area contributed by atoms with E-state index in [9.17, 15) is 0 Å². The molecule has 0 unspecified atom stereocenters. The van der Waals surface area contributed by atoms with Gasteiger partial charge in [0.2, 0.25) is 0 Å². The molecule has 1 saturated heterocycles. The van der Waals surface area contributed by atoms with E-state index in [4.69, 9.17) is 21.4 Å². The first-order valence-corrected chi connectivity index (χ1v) is 10.2. The van der Waals surface area contributed by atoms with Gasteiger partial charge in [-0.25, -0.2) is 0 Å². The molecule has 1 aliphatic rings. The van der Waals surface area contributed by atoms with Crippen molar-refractivity contribution in [2.45, 2.75) is 12.1 Å². The number of halogens is 1. The first-order chi connectivity index (χ1) is 13.7. The topological polar surface area (TPSA) is 50.5 Å². The lowest BCUT2D eigenvalue weighted by atomic mass is 10.0. The molecule has 7 heteroatoms. The van der Waals surface area contributed by atoms with Gasteiger partial charge in [0.05, 0.1) is 18.3 Å². The number of nitrogens with zero attached hydrogens (tertiary/aromatic N) is 2. The summed E-state index contributed by atoms with van der Waals surface area (Å²) in [6.45, 7) is 1.25. The van der Waals surface area contributed by atoms with Gasteiger partial charge < -0.3 is 19.4 Å². The van der Waals surface area contributed by atoms with Gasteiger partial charge in [0.1, 0.15) is 17.6 Å². The molecule has 1 aliphatic heterocycles. The van der Waals surface area contributed by atoms with Crippen LogP contribution in [-0.4, -0.2) is 35.3 Å². The second-order valence-corrected chi connectivity index (χ2v) is 7.82. The lowest BCUT2D eigenvalue weighted by Crippen LogP contribution is -2.32. The van der Waals surface area contributed by atoms with Crippen LogP contribution in [0.5, 0.6) is 0 Å². The summed E-state index contributed by atoms with van der Waals surface area (Å²) in [6.07, 6.45) is 1.80. The summed E-state index contributed by atoms with van der Waals surface area (Å²) < 4.78 is 12.6. The van der Waals surface area contributed by atoms with Gasteiger partial charge in [0.25, 0.3) is 0 Å². The molecule has 1 fully saturated rings. The third-order valence-electron chi connectivity index (χ3n) is 4.78. The highest BCUT2D eigenvalue weighted by molar-refractivity contribution is 9.10. The lowest BCUT2D eigenvalue weighted by molar-refractivity contribution is 0.158. The number of rotatable bonds is 6. The van der Waals surface area contributed by atoms with Crippen molar-refractivity contribution in [1.82, 2.24) is 15.2 Å². The fraction of sp³-hybridized carbons (Fsp3) is 0.238. The number of benzene rings is 1. The average molecular weight is 458 g/mol. The molecule has 0 radical (unpaired) electrons. The largest absolute Gasteiger partial charge is 0.459 e. The Balaban J connectivity index is 1.70. The highest BCUT2D eigenvalue weighted by Crippen LogP contribution is 2.40. The standard InChI is InChI=1S/C21H20BrN3O2S/c1-26-13-12-25-20(19(24-21(25)28)16-4-2-3-11-23-16)18-10-9-17(27-18)14-5-7-15(22)8-6-14/h2-11,19-20H,12-13H2,1H3,(H,24,28)/t19-,20+/m1/s1. The van der Waals surface area contributed by atoms with Crippen LogP contribution in [0.1, 0.15) is 23.5 Å². The third kappa shape index (κ3) is 3.83. The molecule has 5 nitrogen and oxygen atoms in total. The Labute approximate surface area is 177 Å². The van der Waals surface area contributed by atoms with Gasteiger partial charge in [0, 0.05) is 29.9 Å². The normalized spacial score (nSPS) is 19.1. The minimum atomic E-state index is -0.0956. The molecular weight excluding hydrogens is 438 g/mol. The monoisotopic (exact) mass is 457 g/mol. The molecular formula is C21H20BrN3O2S. The van der Waals surface area contributed by atoms with Crippen LogP contribution in [0.25, 0.3) is 11.3 Å². The van der Waals surface area contributed by atoms with Crippen LogP contribution in [0, 0.1) is 0 Å². The molecule has 3 aromatic rings. The maximum atomic E-state index is 6.28. The molecule has 4 rings (SSSR count). The number of pyridine rings is 1. The Morgan fingerprint density at radius 1 is 1.18 bits per heavy atom. The first kappa shape index (κ1) is 19.1. The number of hydrogen-bond acceptors (Lipinski definition) is 4. The van der Waals surface area contributed by atoms with Crippen molar-refractivity contribution in [3.63, 3.8) is 0 Å². The SMILES string of the molecule is COCCN1C(=S)N[C@H](c2ccccn2)[C@@H]1c1ccc(-c2ccc(Br)cc2)o1. The predicted octanol–water partition coefficient (Wildman–Crippen LogP) is 4.72. The number of aromatic nitrogens is 1. The molecule has 0 bridgehead atoms. The molecule has 2 aromatic heterocycles. The van der Waals surface area contributed by atoms with Crippen molar-refractivity contribution in [3.05, 3.63) is 76.7 Å². The Morgan fingerprint density at radius 2 is 2.00 bits per heavy atom. The van der Waals surface area contributed by atoms with Gasteiger partial charge in [-0.1, -0.05) is 34.1 Å². The zero-order valence-corrected chi connectivity index (χ0v) is 17.7. The summed E-state index contributed by atoms with van der Waals surface area (Å²) in [6, 6.07) is 17.8. The summed E-state index contributed by atoms with van der Waals surface area (Å²) in [5.74, 6) is 1.67. The van der Waals surface area contributed by atoms with E-state index in [0.29, 0.717) is 18.3 Å². The second-order valence-electron chi connectivity index (χ2n) is 6.52. The van der Waals surface area contributed by atoms with Crippen LogP contribution in [0.2, 0.25) is 0 Å². The van der Waals surface area contributed by atoms with Gasteiger partial charge >= 0.3 is 0 Å². The summed E-state index contributed by atoms with van der Waals surface area (Å²) in [7, 11) is 1.69. The van der Waals surface area contributed by atoms with E-state index < -0.39 is 0 Å². The van der Waals surface area contributed by atoms with Crippen molar-refractivity contribution < 1.29 is 9.15 Å². The number of methoxy groups -OCH3 is 1. The Bertz CT molecular complexity index is 946. The maximum absolute atomic E-state index is 6.28. The van der Waals surface area contributed by atoms with Crippen LogP contribution in [0.4, 0.5) is 0 Å². The van der Waals surface area contributed by atoms with Gasteiger partial charge in [-0.05, 0) is 48.6 Å². The third-order valence-corrected chi connectivity index (χ3v) is 5.66. The van der Waals surface area contributed by atoms with Gasteiger partial charge in [-0.3, -0.25) is 4.98 Å². The zero-order chi connectivity index (χ0) is 19.5. The molecule has 0 amide bonds. The average Bonchev–Trinajstić information content (AvgIpc) is 3.32. The lowest BCUT2D eigenvalue weighted by Gasteiger charge is -2.25. The first-order valence-electron chi connectivity index (χ1n) is 9.00. The number of ether oxygens (including phenoxy) is 1. The van der Waals surface area contributed by atoms with Crippen LogP contribution in [0.3, 0.4) is 0 Å².